The first-order chi connectivity index (χ1) is 8.97. The summed E-state index contributed by atoms with van der Waals surface area (Å²) in [5.41, 5.74) is 0.110. The standard InChI is InChI=1S/C13H17NO5/c1-8(16)14-6-5-11(18)13(19)12-9(7-15)3-2-4-10(12)17/h2-4,7,11,13,17-19H,5-6H2,1H3,(H,14,16). The number of benzene rings is 1. The third-order valence-electron chi connectivity index (χ3n) is 2.72. The van der Waals surface area contributed by atoms with Gasteiger partial charge in [-0.1, -0.05) is 12.1 Å². The molecule has 4 N–H and O–H groups in total. The number of hydrogen-bond donors (Lipinski definition) is 4. The zero-order valence-electron chi connectivity index (χ0n) is 10.5. The van der Waals surface area contributed by atoms with E-state index < -0.39 is 12.2 Å². The Morgan fingerprint density at radius 2 is 2.11 bits per heavy atom. The molecule has 0 saturated carbocycles. The number of aromatic hydroxyl groups is 1. The minimum atomic E-state index is -1.39. The number of carbonyl (C=O) groups is 2. The van der Waals surface area contributed by atoms with Crippen molar-refractivity contribution >= 4 is 12.2 Å². The van der Waals surface area contributed by atoms with Crippen molar-refractivity contribution in [3.63, 3.8) is 0 Å². The van der Waals surface area contributed by atoms with Crippen LogP contribution < -0.4 is 5.32 Å². The summed E-state index contributed by atoms with van der Waals surface area (Å²) in [6, 6.07) is 4.23. The monoisotopic (exact) mass is 267 g/mol. The van der Waals surface area contributed by atoms with Gasteiger partial charge in [0, 0.05) is 24.6 Å². The molecule has 0 aliphatic carbocycles. The largest absolute Gasteiger partial charge is 0.508 e. The molecule has 1 amide bonds. The Bertz CT molecular complexity index is 460. The molecule has 0 aliphatic heterocycles. The molecule has 0 aromatic heterocycles. The van der Waals surface area contributed by atoms with Crippen LogP contribution in [-0.2, 0) is 4.79 Å². The van der Waals surface area contributed by atoms with Gasteiger partial charge in [0.25, 0.3) is 0 Å². The molecule has 0 bridgehead atoms. The molecule has 1 rings (SSSR count). The maximum atomic E-state index is 10.8. The molecule has 0 fully saturated rings. The molecule has 2 unspecified atom stereocenters. The van der Waals surface area contributed by atoms with E-state index in [1.807, 2.05) is 0 Å². The second kappa shape index (κ2) is 6.86. The van der Waals surface area contributed by atoms with Crippen molar-refractivity contribution in [1.29, 1.82) is 0 Å². The fraction of sp³-hybridized carbons (Fsp3) is 0.385. The number of phenols is 1. The minimum Gasteiger partial charge on any atom is -0.508 e. The first-order valence-electron chi connectivity index (χ1n) is 5.85. The Morgan fingerprint density at radius 3 is 2.68 bits per heavy atom. The van der Waals surface area contributed by atoms with Gasteiger partial charge in [0.05, 0.1) is 6.10 Å². The summed E-state index contributed by atoms with van der Waals surface area (Å²) in [4.78, 5) is 21.5. The van der Waals surface area contributed by atoms with Crippen molar-refractivity contribution in [1.82, 2.24) is 5.32 Å². The van der Waals surface area contributed by atoms with E-state index in [-0.39, 0.29) is 35.7 Å². The third-order valence-corrected chi connectivity index (χ3v) is 2.72. The van der Waals surface area contributed by atoms with Crippen LogP contribution in [0.15, 0.2) is 18.2 Å². The van der Waals surface area contributed by atoms with Gasteiger partial charge in [-0.25, -0.2) is 0 Å². The predicted octanol–water partition coefficient (Wildman–Crippen LogP) is 0.125. The predicted molar refractivity (Wildman–Crippen MR) is 67.8 cm³/mol. The molecule has 6 heteroatoms. The van der Waals surface area contributed by atoms with Crippen LogP contribution in [0.4, 0.5) is 0 Å². The zero-order chi connectivity index (χ0) is 14.4. The molecule has 0 spiro atoms. The third kappa shape index (κ3) is 4.04. The number of aliphatic hydroxyl groups excluding tert-OH is 2. The van der Waals surface area contributed by atoms with E-state index in [1.165, 1.54) is 25.1 Å². The molecule has 0 heterocycles. The molecule has 0 radical (unpaired) electrons. The average molecular weight is 267 g/mol. The van der Waals surface area contributed by atoms with E-state index in [0.717, 1.165) is 0 Å². The van der Waals surface area contributed by atoms with Crippen LogP contribution in [0.25, 0.3) is 0 Å². The van der Waals surface area contributed by atoms with Crippen molar-refractivity contribution in [2.45, 2.75) is 25.6 Å². The van der Waals surface area contributed by atoms with Gasteiger partial charge in [-0.2, -0.15) is 0 Å². The van der Waals surface area contributed by atoms with Gasteiger partial charge in [-0.15, -0.1) is 0 Å². The summed E-state index contributed by atoms with van der Waals surface area (Å²) in [7, 11) is 0. The lowest BCUT2D eigenvalue weighted by molar-refractivity contribution is -0.119. The van der Waals surface area contributed by atoms with E-state index in [0.29, 0.717) is 6.29 Å². The molecule has 19 heavy (non-hydrogen) atoms. The zero-order valence-corrected chi connectivity index (χ0v) is 10.5. The number of rotatable bonds is 6. The lowest BCUT2D eigenvalue weighted by Crippen LogP contribution is -2.28. The summed E-state index contributed by atoms with van der Waals surface area (Å²) >= 11 is 0. The Morgan fingerprint density at radius 1 is 1.42 bits per heavy atom. The van der Waals surface area contributed by atoms with E-state index in [1.54, 1.807) is 0 Å². The topological polar surface area (TPSA) is 107 Å². The molecule has 104 valence electrons. The second-order valence-electron chi connectivity index (χ2n) is 4.18. The van der Waals surface area contributed by atoms with Gasteiger partial charge >= 0.3 is 0 Å². The van der Waals surface area contributed by atoms with Gasteiger partial charge in [0.15, 0.2) is 6.29 Å². The van der Waals surface area contributed by atoms with Crippen LogP contribution in [0, 0.1) is 0 Å². The summed E-state index contributed by atoms with van der Waals surface area (Å²) < 4.78 is 0. The number of aldehydes is 1. The van der Waals surface area contributed by atoms with E-state index >= 15 is 0 Å². The van der Waals surface area contributed by atoms with Crippen LogP contribution >= 0.6 is 0 Å². The lowest BCUT2D eigenvalue weighted by Gasteiger charge is -2.20. The van der Waals surface area contributed by atoms with Crippen molar-refractivity contribution in [3.8, 4) is 5.75 Å². The van der Waals surface area contributed by atoms with Crippen molar-refractivity contribution in [2.75, 3.05) is 6.54 Å². The Labute approximate surface area is 110 Å². The van der Waals surface area contributed by atoms with Gasteiger partial charge in [-0.3, -0.25) is 9.59 Å². The van der Waals surface area contributed by atoms with Gasteiger partial charge < -0.3 is 20.6 Å². The van der Waals surface area contributed by atoms with E-state index in [9.17, 15) is 24.9 Å². The summed E-state index contributed by atoms with van der Waals surface area (Å²) in [5, 5.41) is 31.9. The second-order valence-corrected chi connectivity index (χ2v) is 4.18. The minimum absolute atomic E-state index is 0.00664. The number of hydrogen-bond acceptors (Lipinski definition) is 5. The molecular weight excluding hydrogens is 250 g/mol. The van der Waals surface area contributed by atoms with Crippen molar-refractivity contribution < 1.29 is 24.9 Å². The van der Waals surface area contributed by atoms with Gasteiger partial charge in [0.1, 0.15) is 11.9 Å². The van der Waals surface area contributed by atoms with Crippen LogP contribution in [0.5, 0.6) is 5.75 Å². The average Bonchev–Trinajstić information content (AvgIpc) is 2.37. The number of phenolic OH excluding ortho intramolecular Hbond substituents is 1. The van der Waals surface area contributed by atoms with Gasteiger partial charge in [0.2, 0.25) is 5.91 Å². The highest BCUT2D eigenvalue weighted by molar-refractivity contribution is 5.79. The molecule has 1 aromatic rings. The highest BCUT2D eigenvalue weighted by Crippen LogP contribution is 2.29. The van der Waals surface area contributed by atoms with Crippen molar-refractivity contribution in [3.05, 3.63) is 29.3 Å². The molecule has 1 aromatic carbocycles. The number of aliphatic hydroxyl groups is 2. The maximum Gasteiger partial charge on any atom is 0.216 e. The Balaban J connectivity index is 2.79. The van der Waals surface area contributed by atoms with Crippen LogP contribution in [0.3, 0.4) is 0 Å². The van der Waals surface area contributed by atoms with E-state index in [2.05, 4.69) is 5.32 Å². The summed E-state index contributed by atoms with van der Waals surface area (Å²) in [5.74, 6) is -0.492. The summed E-state index contributed by atoms with van der Waals surface area (Å²) in [6.07, 6.45) is -1.99. The summed E-state index contributed by atoms with van der Waals surface area (Å²) in [6.45, 7) is 1.54. The Kier molecular flexibility index (Phi) is 5.47. The number of nitrogens with one attached hydrogen (secondary N) is 1. The smallest absolute Gasteiger partial charge is 0.216 e. The van der Waals surface area contributed by atoms with Crippen LogP contribution in [-0.4, -0.2) is 40.2 Å². The van der Waals surface area contributed by atoms with Crippen LogP contribution in [0.2, 0.25) is 0 Å². The normalized spacial score (nSPS) is 13.6. The fourth-order valence-corrected chi connectivity index (χ4v) is 1.74. The highest BCUT2D eigenvalue weighted by atomic mass is 16.3. The molecule has 2 atom stereocenters. The quantitative estimate of drug-likeness (QED) is 0.548. The molecular formula is C13H17NO5. The van der Waals surface area contributed by atoms with Crippen LogP contribution in [0.1, 0.15) is 35.4 Å². The first-order valence-corrected chi connectivity index (χ1v) is 5.85. The first kappa shape index (κ1) is 15.1. The molecule has 0 aliphatic rings. The number of amides is 1. The van der Waals surface area contributed by atoms with Crippen molar-refractivity contribution in [2.24, 2.45) is 0 Å². The molecule has 0 saturated heterocycles. The number of carbonyl (C=O) groups excluding carboxylic acids is 2. The lowest BCUT2D eigenvalue weighted by atomic mass is 9.96. The SMILES string of the molecule is CC(=O)NCCC(O)C(O)c1c(O)cccc1C=O. The highest BCUT2D eigenvalue weighted by Gasteiger charge is 2.23. The van der Waals surface area contributed by atoms with E-state index in [4.69, 9.17) is 0 Å². The maximum absolute atomic E-state index is 10.8. The Hall–Kier alpha value is -1.92. The molecule has 6 nitrogen and oxygen atoms in total. The fourth-order valence-electron chi connectivity index (χ4n) is 1.74. The van der Waals surface area contributed by atoms with Gasteiger partial charge in [-0.05, 0) is 12.5 Å².